The lowest BCUT2D eigenvalue weighted by Crippen LogP contribution is -2.22. The van der Waals surface area contributed by atoms with Crippen molar-refractivity contribution < 1.29 is 14.6 Å². The molecule has 0 bridgehead atoms. The van der Waals surface area contributed by atoms with E-state index in [1.165, 1.54) is 6.42 Å². The van der Waals surface area contributed by atoms with Crippen molar-refractivity contribution in [1.82, 2.24) is 9.97 Å². The molecule has 2 N–H and O–H groups in total. The average molecular weight is 264 g/mol. The Morgan fingerprint density at radius 1 is 1.37 bits per heavy atom. The molecule has 1 aliphatic carbocycles. The first kappa shape index (κ1) is 12.7. The SMILES string of the molecule is O=C(O)C1CCCc2[nH]c(CC3CCCCO3)nc21. The average Bonchev–Trinajstić information content (AvgIpc) is 2.81. The molecule has 5 heteroatoms. The third-order valence-electron chi connectivity index (χ3n) is 4.10. The van der Waals surface area contributed by atoms with Crippen molar-refractivity contribution in [2.75, 3.05) is 6.61 Å². The Hall–Kier alpha value is -1.36. The quantitative estimate of drug-likeness (QED) is 0.876. The summed E-state index contributed by atoms with van der Waals surface area (Å²) in [5.41, 5.74) is 1.77. The molecule has 3 rings (SSSR count). The van der Waals surface area contributed by atoms with Crippen LogP contribution >= 0.6 is 0 Å². The molecule has 0 spiro atoms. The molecule has 1 aromatic rings. The van der Waals surface area contributed by atoms with E-state index in [4.69, 9.17) is 4.74 Å². The topological polar surface area (TPSA) is 75.2 Å². The Morgan fingerprint density at radius 3 is 3.00 bits per heavy atom. The van der Waals surface area contributed by atoms with E-state index >= 15 is 0 Å². The highest BCUT2D eigenvalue weighted by atomic mass is 16.5. The molecule has 2 heterocycles. The zero-order valence-corrected chi connectivity index (χ0v) is 11.0. The summed E-state index contributed by atoms with van der Waals surface area (Å²) in [6.07, 6.45) is 6.99. The van der Waals surface area contributed by atoms with Gasteiger partial charge in [-0.2, -0.15) is 0 Å². The van der Waals surface area contributed by atoms with E-state index < -0.39 is 11.9 Å². The van der Waals surface area contributed by atoms with Crippen molar-refractivity contribution in [2.45, 2.75) is 57.0 Å². The third kappa shape index (κ3) is 2.66. The minimum absolute atomic E-state index is 0.240. The van der Waals surface area contributed by atoms with Crippen LogP contribution in [0.4, 0.5) is 0 Å². The molecule has 1 saturated heterocycles. The van der Waals surface area contributed by atoms with E-state index in [0.717, 1.165) is 55.9 Å². The lowest BCUT2D eigenvalue weighted by molar-refractivity contribution is -0.139. The molecule has 1 fully saturated rings. The lowest BCUT2D eigenvalue weighted by Gasteiger charge is -2.21. The first-order chi connectivity index (χ1) is 9.24. The summed E-state index contributed by atoms with van der Waals surface area (Å²) < 4.78 is 5.71. The largest absolute Gasteiger partial charge is 0.481 e. The number of H-pyrrole nitrogens is 1. The van der Waals surface area contributed by atoms with Crippen LogP contribution in [0.3, 0.4) is 0 Å². The van der Waals surface area contributed by atoms with Crippen LogP contribution in [-0.2, 0) is 22.4 Å². The number of hydrogen-bond donors (Lipinski definition) is 2. The van der Waals surface area contributed by atoms with Gasteiger partial charge in [0.15, 0.2) is 0 Å². The van der Waals surface area contributed by atoms with Gasteiger partial charge in [-0.15, -0.1) is 0 Å². The first-order valence-electron chi connectivity index (χ1n) is 7.16. The number of aryl methyl sites for hydroxylation is 1. The number of hydrogen-bond acceptors (Lipinski definition) is 3. The van der Waals surface area contributed by atoms with Crippen molar-refractivity contribution in [3.8, 4) is 0 Å². The Balaban J connectivity index is 1.75. The number of rotatable bonds is 3. The van der Waals surface area contributed by atoms with Gasteiger partial charge in [-0.1, -0.05) is 0 Å². The molecule has 1 aromatic heterocycles. The number of aromatic nitrogens is 2. The fraction of sp³-hybridized carbons (Fsp3) is 0.714. The van der Waals surface area contributed by atoms with Crippen molar-refractivity contribution in [3.63, 3.8) is 0 Å². The number of nitrogens with zero attached hydrogens (tertiary/aromatic N) is 1. The van der Waals surface area contributed by atoms with Crippen LogP contribution in [0.5, 0.6) is 0 Å². The van der Waals surface area contributed by atoms with E-state index in [9.17, 15) is 9.90 Å². The van der Waals surface area contributed by atoms with Crippen LogP contribution in [0.2, 0.25) is 0 Å². The summed E-state index contributed by atoms with van der Waals surface area (Å²) in [5, 5.41) is 9.24. The van der Waals surface area contributed by atoms with Crippen LogP contribution < -0.4 is 0 Å². The minimum atomic E-state index is -0.757. The van der Waals surface area contributed by atoms with Crippen LogP contribution in [0.15, 0.2) is 0 Å². The van der Waals surface area contributed by atoms with Gasteiger partial charge < -0.3 is 14.8 Å². The molecule has 19 heavy (non-hydrogen) atoms. The summed E-state index contributed by atoms with van der Waals surface area (Å²) in [5.74, 6) is -0.293. The number of aliphatic carboxylic acids is 1. The molecule has 104 valence electrons. The number of aromatic amines is 1. The fourth-order valence-corrected chi connectivity index (χ4v) is 3.10. The van der Waals surface area contributed by atoms with Crippen molar-refractivity contribution in [1.29, 1.82) is 0 Å². The molecule has 2 atom stereocenters. The second kappa shape index (κ2) is 5.33. The molecule has 0 saturated carbocycles. The molecule has 0 amide bonds. The van der Waals surface area contributed by atoms with Gasteiger partial charge in [0.2, 0.25) is 0 Å². The van der Waals surface area contributed by atoms with Gasteiger partial charge in [0.1, 0.15) is 11.7 Å². The zero-order chi connectivity index (χ0) is 13.2. The van der Waals surface area contributed by atoms with Crippen LogP contribution in [0.1, 0.15) is 55.2 Å². The number of carboxylic acids is 1. The van der Waals surface area contributed by atoms with E-state index in [1.54, 1.807) is 0 Å². The lowest BCUT2D eigenvalue weighted by atomic mass is 9.90. The maximum absolute atomic E-state index is 11.2. The number of carboxylic acid groups (broad SMARTS) is 1. The Bertz CT molecular complexity index is 463. The van der Waals surface area contributed by atoms with E-state index in [2.05, 4.69) is 9.97 Å². The van der Waals surface area contributed by atoms with Crippen molar-refractivity contribution in [2.24, 2.45) is 0 Å². The van der Waals surface area contributed by atoms with E-state index in [0.29, 0.717) is 6.42 Å². The Labute approximate surface area is 112 Å². The molecular weight excluding hydrogens is 244 g/mol. The van der Waals surface area contributed by atoms with Gasteiger partial charge in [0.05, 0.1) is 11.8 Å². The molecule has 2 unspecified atom stereocenters. The highest BCUT2D eigenvalue weighted by Gasteiger charge is 2.30. The van der Waals surface area contributed by atoms with E-state index in [-0.39, 0.29) is 6.10 Å². The maximum Gasteiger partial charge on any atom is 0.312 e. The van der Waals surface area contributed by atoms with Gasteiger partial charge in [0, 0.05) is 18.7 Å². The van der Waals surface area contributed by atoms with Crippen molar-refractivity contribution in [3.05, 3.63) is 17.2 Å². The van der Waals surface area contributed by atoms with Gasteiger partial charge >= 0.3 is 5.97 Å². The van der Waals surface area contributed by atoms with Gasteiger partial charge in [0.25, 0.3) is 0 Å². The van der Waals surface area contributed by atoms with Gasteiger partial charge in [-0.05, 0) is 38.5 Å². The highest BCUT2D eigenvalue weighted by molar-refractivity contribution is 5.76. The zero-order valence-electron chi connectivity index (χ0n) is 11.0. The normalized spacial score (nSPS) is 26.9. The summed E-state index contributed by atoms with van der Waals surface area (Å²) in [7, 11) is 0. The molecule has 0 aromatic carbocycles. The Morgan fingerprint density at radius 2 is 2.26 bits per heavy atom. The first-order valence-corrected chi connectivity index (χ1v) is 7.16. The summed E-state index contributed by atoms with van der Waals surface area (Å²) >= 11 is 0. The summed E-state index contributed by atoms with van der Waals surface area (Å²) in [4.78, 5) is 19.1. The molecule has 2 aliphatic rings. The highest BCUT2D eigenvalue weighted by Crippen LogP contribution is 2.30. The van der Waals surface area contributed by atoms with E-state index in [1.807, 2.05) is 0 Å². The third-order valence-corrected chi connectivity index (χ3v) is 4.10. The number of imidazole rings is 1. The predicted molar refractivity (Wildman–Crippen MR) is 69.2 cm³/mol. The van der Waals surface area contributed by atoms with Gasteiger partial charge in [-0.3, -0.25) is 4.79 Å². The van der Waals surface area contributed by atoms with Crippen LogP contribution in [-0.4, -0.2) is 33.8 Å². The monoisotopic (exact) mass is 264 g/mol. The number of ether oxygens (including phenoxy) is 1. The molecule has 1 aliphatic heterocycles. The van der Waals surface area contributed by atoms with Crippen LogP contribution in [0.25, 0.3) is 0 Å². The standard InChI is InChI=1S/C14H20N2O3/c17-14(18)10-5-3-6-11-13(10)16-12(15-11)8-9-4-1-2-7-19-9/h9-10H,1-8H2,(H,15,16)(H,17,18). The molecular formula is C14H20N2O3. The van der Waals surface area contributed by atoms with Gasteiger partial charge in [-0.25, -0.2) is 4.98 Å². The predicted octanol–water partition coefficient (Wildman–Crippen LogP) is 2.03. The molecule has 5 nitrogen and oxygen atoms in total. The second-order valence-electron chi connectivity index (χ2n) is 5.52. The molecule has 0 radical (unpaired) electrons. The smallest absolute Gasteiger partial charge is 0.312 e. The minimum Gasteiger partial charge on any atom is -0.481 e. The number of nitrogens with one attached hydrogen (secondary N) is 1. The Kier molecular flexibility index (Phi) is 3.55. The second-order valence-corrected chi connectivity index (χ2v) is 5.52. The number of fused-ring (bicyclic) bond motifs is 1. The number of carbonyl (C=O) groups is 1. The maximum atomic E-state index is 11.2. The van der Waals surface area contributed by atoms with Crippen LogP contribution in [0, 0.1) is 0 Å². The van der Waals surface area contributed by atoms with Crippen molar-refractivity contribution >= 4 is 5.97 Å². The fourth-order valence-electron chi connectivity index (χ4n) is 3.10. The summed E-state index contributed by atoms with van der Waals surface area (Å²) in [6, 6.07) is 0. The summed E-state index contributed by atoms with van der Waals surface area (Å²) in [6.45, 7) is 0.836.